The quantitative estimate of drug-likeness (QED) is 0.696. The van der Waals surface area contributed by atoms with E-state index in [-0.39, 0.29) is 22.1 Å². The molecule has 0 spiro atoms. The molecule has 0 radical (unpaired) electrons. The molecular formula is C13H9ClFN3O3. The first-order chi connectivity index (χ1) is 9.90. The van der Waals surface area contributed by atoms with Gasteiger partial charge in [0.15, 0.2) is 0 Å². The second-order valence-corrected chi connectivity index (χ2v) is 4.57. The van der Waals surface area contributed by atoms with Crippen molar-refractivity contribution >= 4 is 29.0 Å². The maximum atomic E-state index is 13.6. The zero-order valence-electron chi connectivity index (χ0n) is 10.8. The number of pyridine rings is 1. The van der Waals surface area contributed by atoms with Crippen LogP contribution in [0.4, 0.5) is 15.9 Å². The van der Waals surface area contributed by atoms with E-state index in [9.17, 15) is 19.3 Å². The fourth-order valence-corrected chi connectivity index (χ4v) is 1.92. The number of carbonyl (C=O) groups excluding carboxylic acids is 1. The van der Waals surface area contributed by atoms with Crippen LogP contribution in [-0.2, 0) is 0 Å². The number of benzene rings is 1. The van der Waals surface area contributed by atoms with Gasteiger partial charge in [0, 0.05) is 6.07 Å². The molecule has 0 unspecified atom stereocenters. The Morgan fingerprint density at radius 1 is 1.48 bits per heavy atom. The summed E-state index contributed by atoms with van der Waals surface area (Å²) in [5.41, 5.74) is -0.127. The van der Waals surface area contributed by atoms with Gasteiger partial charge in [-0.1, -0.05) is 17.7 Å². The number of nitrogens with one attached hydrogen (secondary N) is 1. The number of nitro groups is 1. The highest BCUT2D eigenvalue weighted by molar-refractivity contribution is 6.34. The summed E-state index contributed by atoms with van der Waals surface area (Å²) >= 11 is 5.79. The molecule has 1 aromatic heterocycles. The van der Waals surface area contributed by atoms with Gasteiger partial charge in [-0.15, -0.1) is 0 Å². The largest absolute Gasteiger partial charge is 0.306 e. The molecule has 0 aliphatic rings. The van der Waals surface area contributed by atoms with Crippen LogP contribution in [0.2, 0.25) is 5.02 Å². The summed E-state index contributed by atoms with van der Waals surface area (Å²) in [6, 6.07) is 5.13. The molecule has 0 aliphatic carbocycles. The van der Waals surface area contributed by atoms with Crippen molar-refractivity contribution < 1.29 is 14.1 Å². The van der Waals surface area contributed by atoms with Gasteiger partial charge in [-0.05, 0) is 24.6 Å². The molecule has 1 N–H and O–H groups in total. The van der Waals surface area contributed by atoms with Crippen molar-refractivity contribution in [3.05, 3.63) is 62.5 Å². The maximum Gasteiger partial charge on any atom is 0.287 e. The molecular weight excluding hydrogens is 301 g/mol. The molecule has 0 saturated heterocycles. The lowest BCUT2D eigenvalue weighted by Gasteiger charge is -2.08. The minimum atomic E-state index is -0.775. The fraction of sp³-hybridized carbons (Fsp3) is 0.0769. The number of aryl methyl sites for hydroxylation is 1. The SMILES string of the molecule is Cc1cc([N+](=O)[O-])cnc1NC(=O)c1c(F)cccc1Cl. The van der Waals surface area contributed by atoms with Crippen molar-refractivity contribution in [2.75, 3.05) is 5.32 Å². The average Bonchev–Trinajstić information content (AvgIpc) is 2.40. The minimum absolute atomic E-state index is 0.0351. The van der Waals surface area contributed by atoms with Gasteiger partial charge < -0.3 is 5.32 Å². The lowest BCUT2D eigenvalue weighted by atomic mass is 10.2. The number of hydrogen-bond acceptors (Lipinski definition) is 4. The zero-order valence-corrected chi connectivity index (χ0v) is 11.5. The molecule has 6 nitrogen and oxygen atoms in total. The van der Waals surface area contributed by atoms with E-state index in [0.717, 1.165) is 12.3 Å². The van der Waals surface area contributed by atoms with Crippen molar-refractivity contribution in [3.8, 4) is 0 Å². The van der Waals surface area contributed by atoms with E-state index < -0.39 is 16.6 Å². The summed E-state index contributed by atoms with van der Waals surface area (Å²) in [6.45, 7) is 1.54. The predicted molar refractivity (Wildman–Crippen MR) is 75.0 cm³/mol. The lowest BCUT2D eigenvalue weighted by molar-refractivity contribution is -0.385. The Hall–Kier alpha value is -2.54. The molecule has 2 rings (SSSR count). The highest BCUT2D eigenvalue weighted by Gasteiger charge is 2.18. The van der Waals surface area contributed by atoms with E-state index in [1.54, 1.807) is 6.92 Å². The number of halogens is 2. The standard InChI is InChI=1S/C13H9ClFN3O3/c1-7-5-8(18(20)21)6-16-12(7)17-13(19)11-9(14)3-2-4-10(11)15/h2-6H,1H3,(H,16,17,19). The molecule has 1 heterocycles. The Morgan fingerprint density at radius 3 is 2.76 bits per heavy atom. The molecule has 21 heavy (non-hydrogen) atoms. The molecule has 2 aromatic rings. The monoisotopic (exact) mass is 309 g/mol. The molecule has 0 fully saturated rings. The maximum absolute atomic E-state index is 13.6. The second-order valence-electron chi connectivity index (χ2n) is 4.17. The summed E-state index contributed by atoms with van der Waals surface area (Å²) in [5, 5.41) is 13.0. The molecule has 0 saturated carbocycles. The molecule has 8 heteroatoms. The number of hydrogen-bond donors (Lipinski definition) is 1. The first kappa shape index (κ1) is 14.9. The Bertz CT molecular complexity index is 716. The van der Waals surface area contributed by atoms with Gasteiger partial charge in [-0.25, -0.2) is 9.37 Å². The van der Waals surface area contributed by atoms with Crippen LogP contribution in [0.25, 0.3) is 0 Å². The second kappa shape index (κ2) is 5.84. The van der Waals surface area contributed by atoms with E-state index in [1.165, 1.54) is 18.2 Å². The average molecular weight is 310 g/mol. The highest BCUT2D eigenvalue weighted by Crippen LogP contribution is 2.22. The zero-order chi connectivity index (χ0) is 15.6. The molecule has 108 valence electrons. The van der Waals surface area contributed by atoms with Crippen molar-refractivity contribution in [2.24, 2.45) is 0 Å². The van der Waals surface area contributed by atoms with Gasteiger partial charge in [0.2, 0.25) is 0 Å². The molecule has 0 bridgehead atoms. The summed E-state index contributed by atoms with van der Waals surface area (Å²) in [6.07, 6.45) is 1.01. The van der Waals surface area contributed by atoms with Gasteiger partial charge in [0.25, 0.3) is 11.6 Å². The van der Waals surface area contributed by atoms with Crippen molar-refractivity contribution in [2.45, 2.75) is 6.92 Å². The molecule has 0 atom stereocenters. The van der Waals surface area contributed by atoms with Crippen LogP contribution in [0.15, 0.2) is 30.5 Å². The van der Waals surface area contributed by atoms with Gasteiger partial charge in [-0.2, -0.15) is 0 Å². The van der Waals surface area contributed by atoms with Crippen LogP contribution in [0.5, 0.6) is 0 Å². The van der Waals surface area contributed by atoms with E-state index in [0.29, 0.717) is 5.56 Å². The smallest absolute Gasteiger partial charge is 0.287 e. The van der Waals surface area contributed by atoms with Crippen LogP contribution < -0.4 is 5.32 Å². The summed E-state index contributed by atoms with van der Waals surface area (Å²) in [5.74, 6) is -1.44. The minimum Gasteiger partial charge on any atom is -0.306 e. The van der Waals surface area contributed by atoms with Gasteiger partial charge >= 0.3 is 0 Å². The Morgan fingerprint density at radius 2 is 2.19 bits per heavy atom. The first-order valence-corrected chi connectivity index (χ1v) is 6.14. The summed E-state index contributed by atoms with van der Waals surface area (Å²) < 4.78 is 13.6. The van der Waals surface area contributed by atoms with E-state index in [4.69, 9.17) is 11.6 Å². The van der Waals surface area contributed by atoms with E-state index >= 15 is 0 Å². The highest BCUT2D eigenvalue weighted by atomic mass is 35.5. The van der Waals surface area contributed by atoms with Gasteiger partial charge in [0.1, 0.15) is 17.8 Å². The summed E-state index contributed by atoms with van der Waals surface area (Å²) in [4.78, 5) is 25.8. The normalized spacial score (nSPS) is 10.2. The number of nitrogens with zero attached hydrogens (tertiary/aromatic N) is 2. The molecule has 0 aliphatic heterocycles. The van der Waals surface area contributed by atoms with Crippen LogP contribution in [-0.4, -0.2) is 15.8 Å². The number of carbonyl (C=O) groups is 1. The van der Waals surface area contributed by atoms with E-state index in [1.807, 2.05) is 0 Å². The fourth-order valence-electron chi connectivity index (χ4n) is 1.68. The van der Waals surface area contributed by atoms with Crippen LogP contribution in [0.3, 0.4) is 0 Å². The third kappa shape index (κ3) is 3.14. The first-order valence-electron chi connectivity index (χ1n) is 5.76. The Balaban J connectivity index is 2.30. The van der Waals surface area contributed by atoms with Crippen LogP contribution in [0.1, 0.15) is 15.9 Å². The van der Waals surface area contributed by atoms with Crippen molar-refractivity contribution in [1.29, 1.82) is 0 Å². The van der Waals surface area contributed by atoms with Crippen molar-refractivity contribution in [1.82, 2.24) is 4.98 Å². The summed E-state index contributed by atoms with van der Waals surface area (Å²) in [7, 11) is 0. The number of aromatic nitrogens is 1. The van der Waals surface area contributed by atoms with E-state index in [2.05, 4.69) is 10.3 Å². The van der Waals surface area contributed by atoms with Crippen LogP contribution >= 0.6 is 11.6 Å². The lowest BCUT2D eigenvalue weighted by Crippen LogP contribution is -2.16. The Labute approximate surface area is 123 Å². The van der Waals surface area contributed by atoms with Crippen LogP contribution in [0, 0.1) is 22.9 Å². The third-order valence-electron chi connectivity index (χ3n) is 2.70. The Kier molecular flexibility index (Phi) is 4.13. The van der Waals surface area contributed by atoms with Crippen molar-refractivity contribution in [3.63, 3.8) is 0 Å². The molecule has 1 amide bonds. The predicted octanol–water partition coefficient (Wildman–Crippen LogP) is 3.34. The topological polar surface area (TPSA) is 85.1 Å². The van der Waals surface area contributed by atoms with Gasteiger partial charge in [0.05, 0.1) is 15.5 Å². The number of anilines is 1. The molecule has 1 aromatic carbocycles. The number of rotatable bonds is 3. The van der Waals surface area contributed by atoms with Gasteiger partial charge in [-0.3, -0.25) is 14.9 Å². The number of amides is 1. The third-order valence-corrected chi connectivity index (χ3v) is 3.01.